The molecule has 1 heterocycles. The van der Waals surface area contributed by atoms with E-state index in [0.29, 0.717) is 17.1 Å². The van der Waals surface area contributed by atoms with Gasteiger partial charge in [-0.15, -0.1) is 0 Å². The van der Waals surface area contributed by atoms with Gasteiger partial charge >= 0.3 is 0 Å². The molecule has 1 aromatic carbocycles. The van der Waals surface area contributed by atoms with Gasteiger partial charge in [-0.3, -0.25) is 4.79 Å². The van der Waals surface area contributed by atoms with Gasteiger partial charge in [-0.25, -0.2) is 0 Å². The second-order valence-electron chi connectivity index (χ2n) is 5.79. The summed E-state index contributed by atoms with van der Waals surface area (Å²) in [7, 11) is 0. The summed E-state index contributed by atoms with van der Waals surface area (Å²) in [5.41, 5.74) is 0.598. The van der Waals surface area contributed by atoms with Crippen molar-refractivity contribution in [1.29, 1.82) is 0 Å². The van der Waals surface area contributed by atoms with Gasteiger partial charge in [-0.2, -0.15) is 0 Å². The molecule has 0 aromatic heterocycles. The highest BCUT2D eigenvalue weighted by Gasteiger charge is 2.15. The number of piperidine rings is 1. The molecular formula is C16H22BrClN2O. The summed E-state index contributed by atoms with van der Waals surface area (Å²) < 4.78 is 0.822. The monoisotopic (exact) mass is 372 g/mol. The van der Waals surface area contributed by atoms with Gasteiger partial charge in [0.15, 0.2) is 0 Å². The van der Waals surface area contributed by atoms with Gasteiger partial charge in [0, 0.05) is 21.6 Å². The summed E-state index contributed by atoms with van der Waals surface area (Å²) in [4.78, 5) is 14.5. The largest absolute Gasteiger partial charge is 0.352 e. The number of nitrogens with zero attached hydrogens (tertiary/aromatic N) is 1. The van der Waals surface area contributed by atoms with Crippen LogP contribution in [-0.4, -0.2) is 37.0 Å². The van der Waals surface area contributed by atoms with Crippen LogP contribution in [0.5, 0.6) is 0 Å². The van der Waals surface area contributed by atoms with Gasteiger partial charge in [0.25, 0.3) is 5.91 Å². The Morgan fingerprint density at radius 2 is 2.10 bits per heavy atom. The van der Waals surface area contributed by atoms with Crippen molar-refractivity contribution < 1.29 is 4.79 Å². The van der Waals surface area contributed by atoms with Crippen molar-refractivity contribution in [2.75, 3.05) is 26.2 Å². The normalized spacial score (nSPS) is 16.9. The number of nitrogens with one attached hydrogen (secondary N) is 1. The predicted octanol–water partition coefficient (Wildman–Crippen LogP) is 3.95. The summed E-state index contributed by atoms with van der Waals surface area (Å²) >= 11 is 9.30. The molecule has 1 saturated heterocycles. The molecule has 1 fully saturated rings. The minimum atomic E-state index is -0.0644. The lowest BCUT2D eigenvalue weighted by atomic mass is 9.99. The van der Waals surface area contributed by atoms with Crippen molar-refractivity contribution in [1.82, 2.24) is 10.2 Å². The van der Waals surface area contributed by atoms with Gasteiger partial charge in [0.05, 0.1) is 0 Å². The van der Waals surface area contributed by atoms with E-state index in [1.54, 1.807) is 18.2 Å². The molecule has 2 rings (SSSR count). The third-order valence-corrected chi connectivity index (χ3v) is 4.61. The molecule has 0 bridgehead atoms. The van der Waals surface area contributed by atoms with E-state index >= 15 is 0 Å². The number of hydrogen-bond acceptors (Lipinski definition) is 2. The zero-order valence-electron chi connectivity index (χ0n) is 12.4. The lowest BCUT2D eigenvalue weighted by Crippen LogP contribution is -2.35. The lowest BCUT2D eigenvalue weighted by molar-refractivity contribution is 0.0950. The van der Waals surface area contributed by atoms with Crippen LogP contribution in [0.3, 0.4) is 0 Å². The fraction of sp³-hybridized carbons (Fsp3) is 0.562. The SMILES string of the molecule is CC1CCN(CCCNC(=O)c2cc(Cl)cc(Br)c2)CC1. The van der Waals surface area contributed by atoms with Crippen LogP contribution in [-0.2, 0) is 0 Å². The number of carbonyl (C=O) groups excluding carboxylic acids is 1. The molecular weight excluding hydrogens is 352 g/mol. The highest BCUT2D eigenvalue weighted by molar-refractivity contribution is 9.10. The molecule has 21 heavy (non-hydrogen) atoms. The Labute approximate surface area is 140 Å². The fourth-order valence-electron chi connectivity index (χ4n) is 2.58. The lowest BCUT2D eigenvalue weighted by Gasteiger charge is -2.30. The second-order valence-corrected chi connectivity index (χ2v) is 7.14. The average molecular weight is 374 g/mol. The molecule has 0 saturated carbocycles. The van der Waals surface area contributed by atoms with Gasteiger partial charge in [0.2, 0.25) is 0 Å². The molecule has 1 aliphatic heterocycles. The summed E-state index contributed by atoms with van der Waals surface area (Å²) in [6.45, 7) is 6.47. The van der Waals surface area contributed by atoms with E-state index in [0.717, 1.165) is 23.4 Å². The molecule has 3 nitrogen and oxygen atoms in total. The summed E-state index contributed by atoms with van der Waals surface area (Å²) in [5.74, 6) is 0.799. The predicted molar refractivity (Wildman–Crippen MR) is 90.9 cm³/mol. The van der Waals surface area contributed by atoms with E-state index in [9.17, 15) is 4.79 Å². The van der Waals surface area contributed by atoms with Crippen molar-refractivity contribution in [2.45, 2.75) is 26.2 Å². The van der Waals surface area contributed by atoms with E-state index in [1.165, 1.54) is 25.9 Å². The van der Waals surface area contributed by atoms with E-state index in [2.05, 4.69) is 33.1 Å². The molecule has 1 amide bonds. The first kappa shape index (κ1) is 16.8. The Morgan fingerprint density at radius 1 is 1.38 bits per heavy atom. The number of benzene rings is 1. The Bertz CT molecular complexity index is 467. The number of rotatable bonds is 5. The number of halogens is 2. The van der Waals surface area contributed by atoms with E-state index in [4.69, 9.17) is 11.6 Å². The Balaban J connectivity index is 1.69. The van der Waals surface area contributed by atoms with Crippen LogP contribution in [0.25, 0.3) is 0 Å². The summed E-state index contributed by atoms with van der Waals surface area (Å²) in [5, 5.41) is 3.52. The molecule has 0 atom stereocenters. The first-order valence-electron chi connectivity index (χ1n) is 7.51. The molecule has 0 radical (unpaired) electrons. The number of amides is 1. The van der Waals surface area contributed by atoms with E-state index in [1.807, 2.05) is 0 Å². The Hall–Kier alpha value is -0.580. The van der Waals surface area contributed by atoms with E-state index in [-0.39, 0.29) is 5.91 Å². The minimum Gasteiger partial charge on any atom is -0.352 e. The van der Waals surface area contributed by atoms with Crippen LogP contribution < -0.4 is 5.32 Å². The van der Waals surface area contributed by atoms with Gasteiger partial charge in [-0.05, 0) is 63.0 Å². The maximum Gasteiger partial charge on any atom is 0.251 e. The maximum absolute atomic E-state index is 12.0. The topological polar surface area (TPSA) is 32.3 Å². The number of likely N-dealkylation sites (tertiary alicyclic amines) is 1. The molecule has 5 heteroatoms. The highest BCUT2D eigenvalue weighted by atomic mass is 79.9. The van der Waals surface area contributed by atoms with Crippen molar-refractivity contribution in [3.05, 3.63) is 33.3 Å². The van der Waals surface area contributed by atoms with Crippen molar-refractivity contribution in [3.63, 3.8) is 0 Å². The average Bonchev–Trinajstić information content (AvgIpc) is 2.44. The molecule has 0 spiro atoms. The van der Waals surface area contributed by atoms with Crippen LogP contribution in [0, 0.1) is 5.92 Å². The first-order valence-corrected chi connectivity index (χ1v) is 8.68. The van der Waals surface area contributed by atoms with Crippen LogP contribution in [0.15, 0.2) is 22.7 Å². The van der Waals surface area contributed by atoms with Gasteiger partial charge in [-0.1, -0.05) is 34.5 Å². The second kappa shape index (κ2) is 8.16. The Kier molecular flexibility index (Phi) is 6.52. The molecule has 0 unspecified atom stereocenters. The van der Waals surface area contributed by atoms with Crippen molar-refractivity contribution >= 4 is 33.4 Å². The standard InChI is InChI=1S/C16H22BrClN2O/c1-12-3-7-20(8-4-12)6-2-5-19-16(21)13-9-14(17)11-15(18)10-13/h9-12H,2-8H2,1H3,(H,19,21). The number of hydrogen-bond donors (Lipinski definition) is 1. The van der Waals surface area contributed by atoms with Crippen LogP contribution in [0.2, 0.25) is 5.02 Å². The maximum atomic E-state index is 12.0. The van der Waals surface area contributed by atoms with Crippen molar-refractivity contribution in [2.24, 2.45) is 5.92 Å². The molecule has 0 aliphatic carbocycles. The molecule has 1 aliphatic rings. The highest BCUT2D eigenvalue weighted by Crippen LogP contribution is 2.19. The number of carbonyl (C=O) groups is 1. The van der Waals surface area contributed by atoms with Crippen LogP contribution in [0.1, 0.15) is 36.5 Å². The molecule has 1 N–H and O–H groups in total. The van der Waals surface area contributed by atoms with Gasteiger partial charge < -0.3 is 10.2 Å². The zero-order valence-corrected chi connectivity index (χ0v) is 14.7. The fourth-order valence-corrected chi connectivity index (χ4v) is 3.44. The smallest absolute Gasteiger partial charge is 0.251 e. The zero-order chi connectivity index (χ0) is 15.2. The Morgan fingerprint density at radius 3 is 2.76 bits per heavy atom. The van der Waals surface area contributed by atoms with Gasteiger partial charge in [0.1, 0.15) is 0 Å². The van der Waals surface area contributed by atoms with E-state index < -0.39 is 0 Å². The molecule has 116 valence electrons. The quantitative estimate of drug-likeness (QED) is 0.793. The van der Waals surface area contributed by atoms with Crippen LogP contribution >= 0.6 is 27.5 Å². The first-order chi connectivity index (χ1) is 10.0. The minimum absolute atomic E-state index is 0.0644. The van der Waals surface area contributed by atoms with Crippen molar-refractivity contribution in [3.8, 4) is 0 Å². The third-order valence-electron chi connectivity index (χ3n) is 3.94. The summed E-state index contributed by atoms with van der Waals surface area (Å²) in [6, 6.07) is 5.25. The third kappa shape index (κ3) is 5.61. The molecule has 1 aromatic rings. The van der Waals surface area contributed by atoms with Crippen LogP contribution in [0.4, 0.5) is 0 Å². The summed E-state index contributed by atoms with van der Waals surface area (Å²) in [6.07, 6.45) is 3.58.